The van der Waals surface area contributed by atoms with E-state index in [1.807, 2.05) is 11.8 Å². The molecule has 2 atom stereocenters. The van der Waals surface area contributed by atoms with Gasteiger partial charge in [0.2, 0.25) is 0 Å². The SMILES string of the molecule is CCCCOC(=O)N1C2CCC1CN(c1nc(F)nc3c(F)c(-c4ccc(F)c5sc(NC(=O)OC(C)(C)C)nc45)c(Cl)cc13)C2. The molecule has 46 heavy (non-hydrogen) atoms. The van der Waals surface area contributed by atoms with Crippen LogP contribution in [0.3, 0.4) is 0 Å². The van der Waals surface area contributed by atoms with Gasteiger partial charge < -0.3 is 14.4 Å². The summed E-state index contributed by atoms with van der Waals surface area (Å²) in [5.41, 5.74) is -1.07. The van der Waals surface area contributed by atoms with E-state index in [2.05, 4.69) is 20.3 Å². The fourth-order valence-electron chi connectivity index (χ4n) is 6.02. The number of carbonyl (C=O) groups is 2. The molecule has 2 amide bonds. The van der Waals surface area contributed by atoms with Crippen LogP contribution < -0.4 is 10.2 Å². The number of fused-ring (bicyclic) bond motifs is 4. The van der Waals surface area contributed by atoms with Gasteiger partial charge in [-0.1, -0.05) is 36.3 Å². The van der Waals surface area contributed by atoms with Gasteiger partial charge in [0.05, 0.1) is 33.9 Å². The molecular formula is C31H32ClF3N6O4S. The summed E-state index contributed by atoms with van der Waals surface area (Å²) in [4.78, 5) is 40.9. The van der Waals surface area contributed by atoms with E-state index in [-0.39, 0.29) is 66.4 Å². The Morgan fingerprint density at radius 2 is 1.80 bits per heavy atom. The maximum atomic E-state index is 16.4. The van der Waals surface area contributed by atoms with Crippen LogP contribution in [0.1, 0.15) is 53.4 Å². The van der Waals surface area contributed by atoms with Crippen LogP contribution >= 0.6 is 22.9 Å². The lowest BCUT2D eigenvalue weighted by molar-refractivity contribution is 0.0635. The van der Waals surface area contributed by atoms with Gasteiger partial charge in [-0.15, -0.1) is 0 Å². The number of benzene rings is 2. The summed E-state index contributed by atoms with van der Waals surface area (Å²) in [6, 6.07) is 3.56. The number of anilines is 2. The van der Waals surface area contributed by atoms with E-state index in [0.29, 0.717) is 19.7 Å². The number of amides is 2. The lowest BCUT2D eigenvalue weighted by atomic mass is 10.0. The van der Waals surface area contributed by atoms with Crippen molar-refractivity contribution in [2.45, 2.75) is 71.1 Å². The third kappa shape index (κ3) is 6.11. The van der Waals surface area contributed by atoms with Gasteiger partial charge >= 0.3 is 18.3 Å². The zero-order valence-electron chi connectivity index (χ0n) is 25.6. The van der Waals surface area contributed by atoms with Crippen molar-refractivity contribution in [1.29, 1.82) is 0 Å². The highest BCUT2D eigenvalue weighted by Crippen LogP contribution is 2.43. The predicted octanol–water partition coefficient (Wildman–Crippen LogP) is 7.91. The topological polar surface area (TPSA) is 110 Å². The van der Waals surface area contributed by atoms with Crippen molar-refractivity contribution < 1.29 is 32.2 Å². The number of thiazole rings is 1. The Bertz CT molecular complexity index is 1840. The van der Waals surface area contributed by atoms with Gasteiger partial charge in [-0.3, -0.25) is 10.2 Å². The largest absolute Gasteiger partial charge is 0.449 e. The number of nitrogens with zero attached hydrogens (tertiary/aromatic N) is 5. The first-order chi connectivity index (χ1) is 21.8. The summed E-state index contributed by atoms with van der Waals surface area (Å²) in [7, 11) is 0. The highest BCUT2D eigenvalue weighted by atomic mass is 35.5. The van der Waals surface area contributed by atoms with Crippen molar-refractivity contribution in [1.82, 2.24) is 19.9 Å². The maximum Gasteiger partial charge on any atom is 0.413 e. The lowest BCUT2D eigenvalue weighted by Gasteiger charge is -2.41. The van der Waals surface area contributed by atoms with E-state index < -0.39 is 29.4 Å². The quantitative estimate of drug-likeness (QED) is 0.162. The molecule has 0 radical (unpaired) electrons. The molecule has 2 unspecified atom stereocenters. The average Bonchev–Trinajstić information content (AvgIpc) is 3.51. The minimum Gasteiger partial charge on any atom is -0.449 e. The maximum absolute atomic E-state index is 16.4. The van der Waals surface area contributed by atoms with E-state index in [9.17, 15) is 18.4 Å². The lowest BCUT2D eigenvalue weighted by Crippen LogP contribution is -2.56. The number of ether oxygens (including phenoxy) is 2. The molecule has 2 saturated heterocycles. The van der Waals surface area contributed by atoms with E-state index >= 15 is 4.39 Å². The molecule has 15 heteroatoms. The minimum absolute atomic E-state index is 0.0339. The monoisotopic (exact) mass is 676 g/mol. The van der Waals surface area contributed by atoms with E-state index in [4.69, 9.17) is 21.1 Å². The van der Waals surface area contributed by atoms with E-state index in [1.165, 1.54) is 12.1 Å². The Balaban J connectivity index is 1.36. The second-order valence-electron chi connectivity index (χ2n) is 12.3. The van der Waals surface area contributed by atoms with Crippen LogP contribution in [-0.2, 0) is 9.47 Å². The molecule has 2 aliphatic rings. The summed E-state index contributed by atoms with van der Waals surface area (Å²) in [6.45, 7) is 8.14. The van der Waals surface area contributed by atoms with E-state index in [1.54, 1.807) is 25.7 Å². The normalized spacial score (nSPS) is 18.0. The van der Waals surface area contributed by atoms with Crippen LogP contribution in [0, 0.1) is 17.7 Å². The Morgan fingerprint density at radius 1 is 1.09 bits per heavy atom. The minimum atomic E-state index is -1.13. The highest BCUT2D eigenvalue weighted by molar-refractivity contribution is 7.22. The number of aromatic nitrogens is 3. The molecule has 244 valence electrons. The van der Waals surface area contributed by atoms with Gasteiger partial charge in [-0.25, -0.2) is 23.4 Å². The van der Waals surface area contributed by atoms with Crippen molar-refractivity contribution in [3.63, 3.8) is 0 Å². The fourth-order valence-corrected chi connectivity index (χ4v) is 7.19. The predicted molar refractivity (Wildman–Crippen MR) is 170 cm³/mol. The van der Waals surface area contributed by atoms with Crippen LogP contribution in [0.2, 0.25) is 5.02 Å². The second-order valence-corrected chi connectivity index (χ2v) is 13.7. The molecule has 2 fully saturated rings. The van der Waals surface area contributed by atoms with Gasteiger partial charge in [0.1, 0.15) is 22.8 Å². The number of nitrogens with one attached hydrogen (secondary N) is 1. The molecule has 0 saturated carbocycles. The molecule has 2 aromatic carbocycles. The van der Waals surface area contributed by atoms with Crippen LogP contribution in [0.4, 0.5) is 33.7 Å². The Labute approximate surface area is 271 Å². The Hall–Kier alpha value is -3.91. The summed E-state index contributed by atoms with van der Waals surface area (Å²) < 4.78 is 57.0. The Morgan fingerprint density at radius 3 is 2.48 bits per heavy atom. The average molecular weight is 677 g/mol. The standard InChI is InChI=1S/C31H32ClF3N6O4S/c1-5-6-11-44-30(43)41-15-7-8-16(41)14-40(13-15)26-18-12-19(32)21(22(34)23(18)36-27(35)38-26)17-9-10-20(33)25-24(17)37-28(46-25)39-29(42)45-31(2,3)4/h9-10,12,15-16H,5-8,11,13-14H2,1-4H3,(H,37,39,42). The third-order valence-corrected chi connectivity index (χ3v) is 9.20. The number of unbranched alkanes of at least 4 members (excludes halogenated alkanes) is 1. The number of hydrogen-bond donors (Lipinski definition) is 1. The molecule has 2 aromatic heterocycles. The fraction of sp³-hybridized carbons (Fsp3) is 0.452. The molecule has 10 nitrogen and oxygen atoms in total. The van der Waals surface area contributed by atoms with Crippen molar-refractivity contribution in [2.75, 3.05) is 29.9 Å². The first kappa shape index (κ1) is 32.0. The van der Waals surface area contributed by atoms with Crippen molar-refractivity contribution in [3.8, 4) is 11.1 Å². The molecule has 0 spiro atoms. The number of halogens is 4. The molecule has 4 aromatic rings. The molecule has 2 bridgehead atoms. The molecule has 0 aliphatic carbocycles. The van der Waals surface area contributed by atoms with Gasteiger partial charge in [-0.2, -0.15) is 14.4 Å². The number of piperazine rings is 1. The smallest absolute Gasteiger partial charge is 0.413 e. The molecular weight excluding hydrogens is 645 g/mol. The summed E-state index contributed by atoms with van der Waals surface area (Å²) >= 11 is 7.55. The highest BCUT2D eigenvalue weighted by Gasteiger charge is 2.44. The second kappa shape index (κ2) is 12.4. The van der Waals surface area contributed by atoms with E-state index in [0.717, 1.165) is 43.1 Å². The Kier molecular flexibility index (Phi) is 8.61. The summed E-state index contributed by atoms with van der Waals surface area (Å²) in [5, 5.41) is 2.66. The zero-order chi connectivity index (χ0) is 32.9. The first-order valence-corrected chi connectivity index (χ1v) is 16.2. The van der Waals surface area contributed by atoms with Gasteiger partial charge in [-0.05, 0) is 58.2 Å². The van der Waals surface area contributed by atoms with Gasteiger partial charge in [0.25, 0.3) is 0 Å². The van der Waals surface area contributed by atoms with Gasteiger partial charge in [0.15, 0.2) is 10.9 Å². The van der Waals surface area contributed by atoms with Crippen molar-refractivity contribution in [3.05, 3.63) is 40.9 Å². The van der Waals surface area contributed by atoms with Crippen molar-refractivity contribution >= 4 is 67.2 Å². The number of carbonyl (C=O) groups excluding carboxylic acids is 2. The summed E-state index contributed by atoms with van der Waals surface area (Å²) in [6.07, 6.45) is 0.883. The third-order valence-electron chi connectivity index (χ3n) is 7.92. The molecule has 6 rings (SSSR count). The number of hydrogen-bond acceptors (Lipinski definition) is 9. The van der Waals surface area contributed by atoms with Crippen LogP contribution in [0.25, 0.3) is 32.2 Å². The van der Waals surface area contributed by atoms with Crippen molar-refractivity contribution in [2.24, 2.45) is 0 Å². The van der Waals surface area contributed by atoms with Crippen LogP contribution in [0.5, 0.6) is 0 Å². The zero-order valence-corrected chi connectivity index (χ0v) is 27.2. The molecule has 4 heterocycles. The van der Waals surface area contributed by atoms with Crippen LogP contribution in [0.15, 0.2) is 18.2 Å². The number of rotatable bonds is 6. The van der Waals surface area contributed by atoms with Crippen LogP contribution in [-0.4, -0.2) is 69.4 Å². The first-order valence-electron chi connectivity index (χ1n) is 15.0. The summed E-state index contributed by atoms with van der Waals surface area (Å²) in [5.74, 6) is -1.41. The molecule has 2 aliphatic heterocycles. The molecule has 1 N–H and O–H groups in total. The van der Waals surface area contributed by atoms with Gasteiger partial charge in [0, 0.05) is 29.6 Å².